The Bertz CT molecular complexity index is 562. The lowest BCUT2D eigenvalue weighted by molar-refractivity contribution is 0.296. The molecular formula is C11H14N2O2S2. The Balaban J connectivity index is 2.42. The van der Waals surface area contributed by atoms with Crippen molar-refractivity contribution < 1.29 is 5.11 Å². The number of thioether (sulfide) groups is 1. The SMILES string of the molecule is CCn1c(SCCCO)nc2ccsc2c1=O. The molecule has 0 bridgehead atoms. The van der Waals surface area contributed by atoms with Crippen LogP contribution in [0, 0.1) is 0 Å². The summed E-state index contributed by atoms with van der Waals surface area (Å²) < 4.78 is 2.42. The molecule has 0 spiro atoms. The zero-order chi connectivity index (χ0) is 12.3. The summed E-state index contributed by atoms with van der Waals surface area (Å²) in [4.78, 5) is 16.6. The van der Waals surface area contributed by atoms with Gasteiger partial charge in [-0.05, 0) is 24.8 Å². The maximum Gasteiger partial charge on any atom is 0.272 e. The first-order chi connectivity index (χ1) is 8.27. The smallest absolute Gasteiger partial charge is 0.272 e. The van der Waals surface area contributed by atoms with E-state index >= 15 is 0 Å². The van der Waals surface area contributed by atoms with Gasteiger partial charge in [0.1, 0.15) is 4.70 Å². The van der Waals surface area contributed by atoms with Crippen molar-refractivity contribution in [2.75, 3.05) is 12.4 Å². The Hall–Kier alpha value is -0.850. The number of thiophene rings is 1. The van der Waals surface area contributed by atoms with Crippen LogP contribution >= 0.6 is 23.1 Å². The van der Waals surface area contributed by atoms with Crippen LogP contribution in [0.25, 0.3) is 10.2 Å². The van der Waals surface area contributed by atoms with Crippen LogP contribution in [0.2, 0.25) is 0 Å². The van der Waals surface area contributed by atoms with E-state index in [0.29, 0.717) is 13.0 Å². The standard InChI is InChI=1S/C11H14N2O2S2/c1-2-13-10(15)9-8(4-7-16-9)12-11(13)17-6-3-5-14/h4,7,14H,2-3,5-6H2,1H3. The van der Waals surface area contributed by atoms with Crippen molar-refractivity contribution in [3.05, 3.63) is 21.8 Å². The van der Waals surface area contributed by atoms with Crippen molar-refractivity contribution >= 4 is 33.3 Å². The highest BCUT2D eigenvalue weighted by Crippen LogP contribution is 2.21. The predicted octanol–water partition coefficient (Wildman–Crippen LogP) is 1.95. The Morgan fingerprint density at radius 3 is 3.12 bits per heavy atom. The second-order valence-electron chi connectivity index (χ2n) is 3.50. The highest BCUT2D eigenvalue weighted by Gasteiger charge is 2.10. The van der Waals surface area contributed by atoms with Crippen LogP contribution in [0.3, 0.4) is 0 Å². The molecule has 2 heterocycles. The number of aliphatic hydroxyl groups excluding tert-OH is 1. The molecule has 0 aliphatic heterocycles. The molecular weight excluding hydrogens is 256 g/mol. The maximum atomic E-state index is 12.1. The van der Waals surface area contributed by atoms with Gasteiger partial charge in [-0.2, -0.15) is 0 Å². The van der Waals surface area contributed by atoms with Crippen molar-refractivity contribution in [1.82, 2.24) is 9.55 Å². The number of aromatic nitrogens is 2. The average molecular weight is 270 g/mol. The lowest BCUT2D eigenvalue weighted by Crippen LogP contribution is -2.21. The fourth-order valence-electron chi connectivity index (χ4n) is 1.54. The van der Waals surface area contributed by atoms with Crippen LogP contribution in [0.1, 0.15) is 13.3 Å². The van der Waals surface area contributed by atoms with Gasteiger partial charge in [0.2, 0.25) is 0 Å². The van der Waals surface area contributed by atoms with Crippen molar-refractivity contribution in [2.24, 2.45) is 0 Å². The van der Waals surface area contributed by atoms with E-state index < -0.39 is 0 Å². The van der Waals surface area contributed by atoms with E-state index in [4.69, 9.17) is 5.11 Å². The van der Waals surface area contributed by atoms with Gasteiger partial charge in [-0.25, -0.2) is 4.98 Å². The van der Waals surface area contributed by atoms with Crippen LogP contribution in [0.5, 0.6) is 0 Å². The van der Waals surface area contributed by atoms with Crippen LogP contribution < -0.4 is 5.56 Å². The van der Waals surface area contributed by atoms with E-state index in [1.807, 2.05) is 18.4 Å². The summed E-state index contributed by atoms with van der Waals surface area (Å²) >= 11 is 2.96. The average Bonchev–Trinajstić information content (AvgIpc) is 2.78. The summed E-state index contributed by atoms with van der Waals surface area (Å²) in [6.45, 7) is 2.74. The lowest BCUT2D eigenvalue weighted by atomic mass is 10.5. The minimum absolute atomic E-state index is 0.0407. The third kappa shape index (κ3) is 2.53. The van der Waals surface area contributed by atoms with Crippen molar-refractivity contribution in [1.29, 1.82) is 0 Å². The molecule has 2 rings (SSSR count). The maximum absolute atomic E-state index is 12.1. The number of hydrogen-bond acceptors (Lipinski definition) is 5. The molecule has 2 aromatic rings. The molecule has 0 saturated carbocycles. The first-order valence-corrected chi connectivity index (χ1v) is 7.36. The number of hydrogen-bond donors (Lipinski definition) is 1. The monoisotopic (exact) mass is 270 g/mol. The van der Waals surface area contributed by atoms with E-state index in [1.165, 1.54) is 23.1 Å². The van der Waals surface area contributed by atoms with Gasteiger partial charge in [-0.15, -0.1) is 11.3 Å². The molecule has 0 fully saturated rings. The molecule has 17 heavy (non-hydrogen) atoms. The van der Waals surface area contributed by atoms with Gasteiger partial charge in [0.15, 0.2) is 5.16 Å². The van der Waals surface area contributed by atoms with E-state index in [1.54, 1.807) is 4.57 Å². The normalized spacial score (nSPS) is 11.2. The van der Waals surface area contributed by atoms with Crippen molar-refractivity contribution in [3.8, 4) is 0 Å². The first-order valence-electron chi connectivity index (χ1n) is 5.49. The summed E-state index contributed by atoms with van der Waals surface area (Å²) in [7, 11) is 0. The van der Waals surface area contributed by atoms with Crippen molar-refractivity contribution in [2.45, 2.75) is 25.0 Å². The fourth-order valence-corrected chi connectivity index (χ4v) is 3.31. The molecule has 0 aliphatic rings. The molecule has 1 N–H and O–H groups in total. The van der Waals surface area contributed by atoms with E-state index in [0.717, 1.165) is 21.1 Å². The highest BCUT2D eigenvalue weighted by atomic mass is 32.2. The third-order valence-corrected chi connectivity index (χ3v) is 4.33. The van der Waals surface area contributed by atoms with Gasteiger partial charge in [-0.3, -0.25) is 9.36 Å². The highest BCUT2D eigenvalue weighted by molar-refractivity contribution is 7.99. The second-order valence-corrected chi connectivity index (χ2v) is 5.48. The molecule has 0 aromatic carbocycles. The fraction of sp³-hybridized carbons (Fsp3) is 0.455. The van der Waals surface area contributed by atoms with Gasteiger partial charge >= 0.3 is 0 Å². The van der Waals surface area contributed by atoms with Gasteiger partial charge in [-0.1, -0.05) is 11.8 Å². The summed E-state index contributed by atoms with van der Waals surface area (Å²) in [6, 6.07) is 1.87. The molecule has 92 valence electrons. The van der Waals surface area contributed by atoms with Crippen molar-refractivity contribution in [3.63, 3.8) is 0 Å². The Labute approximate surface area is 107 Å². The molecule has 0 saturated heterocycles. The number of nitrogens with zero attached hydrogens (tertiary/aromatic N) is 2. The topological polar surface area (TPSA) is 55.1 Å². The molecule has 2 aromatic heterocycles. The second kappa shape index (κ2) is 5.66. The minimum Gasteiger partial charge on any atom is -0.396 e. The summed E-state index contributed by atoms with van der Waals surface area (Å²) in [5.74, 6) is 0.776. The largest absolute Gasteiger partial charge is 0.396 e. The van der Waals surface area contributed by atoms with Gasteiger partial charge in [0.05, 0.1) is 5.52 Å². The summed E-state index contributed by atoms with van der Waals surface area (Å²) in [5, 5.41) is 11.4. The summed E-state index contributed by atoms with van der Waals surface area (Å²) in [6.07, 6.45) is 0.714. The Kier molecular flexibility index (Phi) is 4.20. The summed E-state index contributed by atoms with van der Waals surface area (Å²) in [5.41, 5.74) is 0.815. The quantitative estimate of drug-likeness (QED) is 0.512. The van der Waals surface area contributed by atoms with Gasteiger partial charge in [0, 0.05) is 18.9 Å². The van der Waals surface area contributed by atoms with Crippen LogP contribution in [0.15, 0.2) is 21.4 Å². The zero-order valence-electron chi connectivity index (χ0n) is 9.55. The van der Waals surface area contributed by atoms with Gasteiger partial charge in [0.25, 0.3) is 5.56 Å². The lowest BCUT2D eigenvalue weighted by Gasteiger charge is -2.08. The molecule has 0 unspecified atom stereocenters. The van der Waals surface area contributed by atoms with Crippen LogP contribution in [0.4, 0.5) is 0 Å². The number of rotatable bonds is 5. The molecule has 0 radical (unpaired) electrons. The molecule has 0 atom stereocenters. The van der Waals surface area contributed by atoms with Crippen LogP contribution in [-0.2, 0) is 6.54 Å². The third-order valence-electron chi connectivity index (χ3n) is 2.38. The van der Waals surface area contributed by atoms with E-state index in [-0.39, 0.29) is 12.2 Å². The molecule has 0 aliphatic carbocycles. The number of fused-ring (bicyclic) bond motifs is 1. The molecule has 4 nitrogen and oxygen atoms in total. The molecule has 0 amide bonds. The first kappa shape index (κ1) is 12.6. The Morgan fingerprint density at radius 2 is 2.41 bits per heavy atom. The Morgan fingerprint density at radius 1 is 1.59 bits per heavy atom. The number of aliphatic hydroxyl groups is 1. The van der Waals surface area contributed by atoms with Crippen LogP contribution in [-0.4, -0.2) is 27.0 Å². The van der Waals surface area contributed by atoms with Gasteiger partial charge < -0.3 is 5.11 Å². The van der Waals surface area contributed by atoms with E-state index in [9.17, 15) is 4.79 Å². The molecule has 6 heteroatoms. The van der Waals surface area contributed by atoms with E-state index in [2.05, 4.69) is 4.98 Å². The zero-order valence-corrected chi connectivity index (χ0v) is 11.2. The minimum atomic E-state index is 0.0407. The predicted molar refractivity (Wildman–Crippen MR) is 72.0 cm³/mol.